The molecule has 0 spiro atoms. The second kappa shape index (κ2) is 7.67. The molecule has 1 aromatic carbocycles. The molecule has 2 aliphatic rings. The lowest BCUT2D eigenvalue weighted by atomic mass is 10.0. The Morgan fingerprint density at radius 1 is 1.04 bits per heavy atom. The minimum atomic E-state index is -3.44. The van der Waals surface area contributed by atoms with Gasteiger partial charge in [-0.3, -0.25) is 0 Å². The topological polar surface area (TPSA) is 75.6 Å². The van der Waals surface area contributed by atoms with Crippen molar-refractivity contribution >= 4 is 15.8 Å². The fraction of sp³-hybridized carbons (Fsp3) is 0.500. The molecular weight excluding hydrogens is 376 g/mol. The van der Waals surface area contributed by atoms with Gasteiger partial charge in [-0.25, -0.2) is 18.4 Å². The van der Waals surface area contributed by atoms with Crippen molar-refractivity contribution in [3.8, 4) is 5.88 Å². The Kier molecular flexibility index (Phi) is 5.25. The lowest BCUT2D eigenvalue weighted by molar-refractivity contribution is 0.308. The molecule has 1 saturated heterocycles. The van der Waals surface area contributed by atoms with Gasteiger partial charge in [0.25, 0.3) is 0 Å². The molecule has 1 aliphatic heterocycles. The van der Waals surface area contributed by atoms with E-state index in [9.17, 15) is 8.42 Å². The molecule has 1 saturated carbocycles. The molecule has 0 amide bonds. The van der Waals surface area contributed by atoms with E-state index in [1.54, 1.807) is 23.5 Å². The first-order chi connectivity index (χ1) is 13.5. The Hall–Kier alpha value is -2.19. The molecule has 2 aromatic rings. The van der Waals surface area contributed by atoms with E-state index >= 15 is 0 Å². The van der Waals surface area contributed by atoms with Gasteiger partial charge >= 0.3 is 0 Å². The lowest BCUT2D eigenvalue weighted by Crippen LogP contribution is -2.48. The number of aryl methyl sites for hydroxylation is 1. The molecule has 28 heavy (non-hydrogen) atoms. The standard InChI is InChI=1S/C20H26N4O3S/c1-15-3-7-18(8-4-15)28(25,26)23-11-9-17(10-12-23)24(16-5-6-16)19-13-20(27-2)22-14-21-19/h3-4,7-8,13-14,16-17H,5-6,9-12H2,1-2H3. The largest absolute Gasteiger partial charge is 0.481 e. The van der Waals surface area contributed by atoms with Crippen LogP contribution < -0.4 is 9.64 Å². The summed E-state index contributed by atoms with van der Waals surface area (Å²) in [5.74, 6) is 1.42. The van der Waals surface area contributed by atoms with E-state index in [1.807, 2.05) is 25.1 Å². The molecule has 0 unspecified atom stereocenters. The Balaban J connectivity index is 1.48. The van der Waals surface area contributed by atoms with Crippen molar-refractivity contribution in [1.82, 2.24) is 14.3 Å². The maximum Gasteiger partial charge on any atom is 0.243 e. The van der Waals surface area contributed by atoms with Gasteiger partial charge in [0.05, 0.1) is 12.0 Å². The Morgan fingerprint density at radius 3 is 2.29 bits per heavy atom. The van der Waals surface area contributed by atoms with Gasteiger partial charge < -0.3 is 9.64 Å². The van der Waals surface area contributed by atoms with Crippen LogP contribution in [0.5, 0.6) is 5.88 Å². The molecule has 2 fully saturated rings. The number of anilines is 1. The van der Waals surface area contributed by atoms with Crippen LogP contribution in [0, 0.1) is 6.92 Å². The van der Waals surface area contributed by atoms with Crippen LogP contribution in [0.1, 0.15) is 31.2 Å². The molecule has 0 N–H and O–H groups in total. The van der Waals surface area contributed by atoms with Crippen molar-refractivity contribution in [2.45, 2.75) is 49.6 Å². The van der Waals surface area contributed by atoms with Gasteiger partial charge in [0.2, 0.25) is 15.9 Å². The number of hydrogen-bond donors (Lipinski definition) is 0. The number of hydrogen-bond acceptors (Lipinski definition) is 6. The monoisotopic (exact) mass is 402 g/mol. The SMILES string of the molecule is COc1cc(N(C2CC2)C2CCN(S(=O)(=O)c3ccc(C)cc3)CC2)ncn1. The molecule has 1 aliphatic carbocycles. The van der Waals surface area contributed by atoms with Crippen molar-refractivity contribution in [2.75, 3.05) is 25.1 Å². The first-order valence-corrected chi connectivity index (χ1v) is 11.1. The summed E-state index contributed by atoms with van der Waals surface area (Å²) in [5, 5.41) is 0. The van der Waals surface area contributed by atoms with E-state index in [-0.39, 0.29) is 6.04 Å². The van der Waals surface area contributed by atoms with E-state index in [0.29, 0.717) is 29.9 Å². The number of methoxy groups -OCH3 is 1. The third-order valence-corrected chi connectivity index (χ3v) is 7.43. The zero-order chi connectivity index (χ0) is 19.7. The summed E-state index contributed by atoms with van der Waals surface area (Å²) in [6.07, 6.45) is 5.39. The normalized spacial score (nSPS) is 18.8. The van der Waals surface area contributed by atoms with Gasteiger partial charge in [-0.15, -0.1) is 0 Å². The van der Waals surface area contributed by atoms with Gasteiger partial charge in [-0.2, -0.15) is 4.31 Å². The number of nitrogens with zero attached hydrogens (tertiary/aromatic N) is 4. The summed E-state index contributed by atoms with van der Waals surface area (Å²) >= 11 is 0. The minimum Gasteiger partial charge on any atom is -0.481 e. The van der Waals surface area contributed by atoms with Crippen LogP contribution in [0.3, 0.4) is 0 Å². The Morgan fingerprint density at radius 2 is 1.68 bits per heavy atom. The third-order valence-electron chi connectivity index (χ3n) is 5.52. The Bertz CT molecular complexity index is 921. The number of rotatable bonds is 6. The summed E-state index contributed by atoms with van der Waals surface area (Å²) in [4.78, 5) is 11.3. The number of benzene rings is 1. The molecule has 8 heteroatoms. The first-order valence-electron chi connectivity index (χ1n) is 9.70. The van der Waals surface area contributed by atoms with Gasteiger partial charge in [0.15, 0.2) is 0 Å². The smallest absolute Gasteiger partial charge is 0.243 e. The molecule has 0 atom stereocenters. The molecule has 7 nitrogen and oxygen atoms in total. The van der Waals surface area contributed by atoms with Gasteiger partial charge in [-0.05, 0) is 44.7 Å². The second-order valence-corrected chi connectivity index (χ2v) is 9.44. The number of sulfonamides is 1. The molecule has 4 rings (SSSR count). The zero-order valence-electron chi connectivity index (χ0n) is 16.3. The zero-order valence-corrected chi connectivity index (χ0v) is 17.1. The van der Waals surface area contributed by atoms with Crippen molar-refractivity contribution < 1.29 is 13.2 Å². The predicted molar refractivity (Wildman–Crippen MR) is 107 cm³/mol. The molecule has 150 valence electrons. The maximum absolute atomic E-state index is 12.9. The van der Waals surface area contributed by atoms with Crippen molar-refractivity contribution in [2.24, 2.45) is 0 Å². The van der Waals surface area contributed by atoms with Crippen LogP contribution in [-0.2, 0) is 10.0 Å². The predicted octanol–water partition coefficient (Wildman–Crippen LogP) is 2.62. The van der Waals surface area contributed by atoms with Crippen molar-refractivity contribution in [3.05, 3.63) is 42.2 Å². The molecule has 1 aromatic heterocycles. The summed E-state index contributed by atoms with van der Waals surface area (Å²) < 4.78 is 32.8. The van der Waals surface area contributed by atoms with Crippen LogP contribution in [0.25, 0.3) is 0 Å². The maximum atomic E-state index is 12.9. The minimum absolute atomic E-state index is 0.275. The van der Waals surface area contributed by atoms with Gasteiger partial charge in [0, 0.05) is 31.2 Å². The summed E-state index contributed by atoms with van der Waals surface area (Å²) in [7, 11) is -1.84. The first kappa shape index (κ1) is 19.1. The molecule has 0 radical (unpaired) electrons. The highest BCUT2D eigenvalue weighted by Crippen LogP contribution is 2.36. The van der Waals surface area contributed by atoms with Crippen LogP contribution in [0.4, 0.5) is 5.82 Å². The van der Waals surface area contributed by atoms with Crippen LogP contribution in [0.2, 0.25) is 0 Å². The van der Waals surface area contributed by atoms with Crippen LogP contribution in [0.15, 0.2) is 41.6 Å². The van der Waals surface area contributed by atoms with E-state index in [0.717, 1.165) is 37.1 Å². The van der Waals surface area contributed by atoms with Crippen LogP contribution in [-0.4, -0.2) is 55.0 Å². The Labute approximate surface area is 166 Å². The molecule has 2 heterocycles. The quantitative estimate of drug-likeness (QED) is 0.739. The van der Waals surface area contributed by atoms with E-state index in [1.165, 1.54) is 6.33 Å². The fourth-order valence-electron chi connectivity index (χ4n) is 3.83. The number of piperidine rings is 1. The average Bonchev–Trinajstić information content (AvgIpc) is 3.54. The second-order valence-electron chi connectivity index (χ2n) is 7.51. The van der Waals surface area contributed by atoms with Gasteiger partial charge in [-0.1, -0.05) is 17.7 Å². The highest BCUT2D eigenvalue weighted by molar-refractivity contribution is 7.89. The van der Waals surface area contributed by atoms with Gasteiger partial charge in [0.1, 0.15) is 12.1 Å². The van der Waals surface area contributed by atoms with E-state index in [2.05, 4.69) is 14.9 Å². The third kappa shape index (κ3) is 3.84. The molecule has 0 bridgehead atoms. The lowest BCUT2D eigenvalue weighted by Gasteiger charge is -2.39. The van der Waals surface area contributed by atoms with E-state index in [4.69, 9.17) is 4.74 Å². The summed E-state index contributed by atoms with van der Waals surface area (Å²) in [6, 6.07) is 9.70. The highest BCUT2D eigenvalue weighted by atomic mass is 32.2. The van der Waals surface area contributed by atoms with E-state index < -0.39 is 10.0 Å². The average molecular weight is 403 g/mol. The summed E-state index contributed by atoms with van der Waals surface area (Å²) in [5.41, 5.74) is 1.05. The highest BCUT2D eigenvalue weighted by Gasteiger charge is 2.38. The van der Waals surface area contributed by atoms with Crippen molar-refractivity contribution in [3.63, 3.8) is 0 Å². The molecular formula is C20H26N4O3S. The number of ether oxygens (including phenoxy) is 1. The van der Waals surface area contributed by atoms with Crippen LogP contribution >= 0.6 is 0 Å². The number of aromatic nitrogens is 2. The van der Waals surface area contributed by atoms with Crippen molar-refractivity contribution in [1.29, 1.82) is 0 Å². The summed E-state index contributed by atoms with van der Waals surface area (Å²) in [6.45, 7) is 3.00. The fourth-order valence-corrected chi connectivity index (χ4v) is 5.30.